The zero-order chi connectivity index (χ0) is 10.6. The average molecular weight is 212 g/mol. The molecule has 1 aromatic carbocycles. The van der Waals surface area contributed by atoms with Gasteiger partial charge in [-0.15, -0.1) is 0 Å². The fourth-order valence-electron chi connectivity index (χ4n) is 1.28. The van der Waals surface area contributed by atoms with Crippen LogP contribution in [-0.2, 0) is 9.05 Å². The largest absolute Gasteiger partial charge is 0.334 e. The second-order valence-corrected chi connectivity index (χ2v) is 5.13. The summed E-state index contributed by atoms with van der Waals surface area (Å²) < 4.78 is 10.5. The van der Waals surface area contributed by atoms with E-state index in [1.807, 2.05) is 6.07 Å². The maximum atomic E-state index is 5.26. The highest BCUT2D eigenvalue weighted by Gasteiger charge is 2.10. The minimum atomic E-state index is -0.892. The highest BCUT2D eigenvalue weighted by atomic mass is 31.2. The van der Waals surface area contributed by atoms with Gasteiger partial charge < -0.3 is 9.05 Å². The van der Waals surface area contributed by atoms with Gasteiger partial charge in [0.1, 0.15) is 0 Å². The van der Waals surface area contributed by atoms with Crippen LogP contribution >= 0.6 is 8.38 Å². The molecule has 0 aliphatic carbocycles. The van der Waals surface area contributed by atoms with Crippen LogP contribution in [0.4, 0.5) is 0 Å². The summed E-state index contributed by atoms with van der Waals surface area (Å²) in [7, 11) is 2.46. The molecule has 3 heteroatoms. The molecule has 1 rings (SSSR count). The van der Waals surface area contributed by atoms with Crippen molar-refractivity contribution in [2.24, 2.45) is 0 Å². The summed E-state index contributed by atoms with van der Waals surface area (Å²) in [5, 5.41) is 1.14. The SMILES string of the molecule is COP(OC)c1cccc(C(C)C)c1. The summed E-state index contributed by atoms with van der Waals surface area (Å²) in [6.07, 6.45) is 0. The summed E-state index contributed by atoms with van der Waals surface area (Å²) in [6.45, 7) is 4.36. The van der Waals surface area contributed by atoms with Crippen LogP contribution in [0.1, 0.15) is 25.3 Å². The molecule has 0 aliphatic heterocycles. The van der Waals surface area contributed by atoms with Crippen LogP contribution < -0.4 is 5.30 Å². The fraction of sp³-hybridized carbons (Fsp3) is 0.455. The van der Waals surface area contributed by atoms with E-state index in [1.54, 1.807) is 14.2 Å². The van der Waals surface area contributed by atoms with Crippen molar-refractivity contribution in [1.82, 2.24) is 0 Å². The molecule has 1 aromatic rings. The Bertz CT molecular complexity index is 282. The van der Waals surface area contributed by atoms with Crippen molar-refractivity contribution >= 4 is 13.7 Å². The zero-order valence-electron chi connectivity index (χ0n) is 9.15. The van der Waals surface area contributed by atoms with Gasteiger partial charge in [0.15, 0.2) is 0 Å². The van der Waals surface area contributed by atoms with E-state index in [0.717, 1.165) is 5.30 Å². The summed E-state index contributed by atoms with van der Waals surface area (Å²) in [5.41, 5.74) is 1.32. The van der Waals surface area contributed by atoms with Gasteiger partial charge in [0.25, 0.3) is 0 Å². The number of hydrogen-bond acceptors (Lipinski definition) is 2. The van der Waals surface area contributed by atoms with Crippen LogP contribution in [0.3, 0.4) is 0 Å². The summed E-state index contributed by atoms with van der Waals surface area (Å²) in [5.74, 6) is 0.542. The van der Waals surface area contributed by atoms with Gasteiger partial charge in [0, 0.05) is 19.5 Å². The van der Waals surface area contributed by atoms with Crippen LogP contribution in [0, 0.1) is 0 Å². The Morgan fingerprint density at radius 2 is 1.79 bits per heavy atom. The molecule has 14 heavy (non-hydrogen) atoms. The third-order valence-corrected chi connectivity index (χ3v) is 3.44. The second kappa shape index (κ2) is 5.45. The molecule has 0 saturated heterocycles. The van der Waals surface area contributed by atoms with Crippen molar-refractivity contribution in [2.45, 2.75) is 19.8 Å². The van der Waals surface area contributed by atoms with Gasteiger partial charge in [-0.05, 0) is 23.6 Å². The Morgan fingerprint density at radius 3 is 2.29 bits per heavy atom. The van der Waals surface area contributed by atoms with Gasteiger partial charge in [-0.2, -0.15) is 0 Å². The van der Waals surface area contributed by atoms with E-state index in [2.05, 4.69) is 32.0 Å². The number of benzene rings is 1. The predicted octanol–water partition coefficient (Wildman–Crippen LogP) is 3.04. The van der Waals surface area contributed by atoms with Gasteiger partial charge >= 0.3 is 0 Å². The Hall–Kier alpha value is -0.430. The molecule has 0 atom stereocenters. The first-order valence-corrected chi connectivity index (χ1v) is 5.85. The van der Waals surface area contributed by atoms with E-state index in [0.29, 0.717) is 5.92 Å². The second-order valence-electron chi connectivity index (χ2n) is 3.37. The van der Waals surface area contributed by atoms with Crippen molar-refractivity contribution in [3.8, 4) is 0 Å². The molecule has 78 valence electrons. The van der Waals surface area contributed by atoms with Crippen molar-refractivity contribution in [1.29, 1.82) is 0 Å². The molecule has 0 bridgehead atoms. The maximum absolute atomic E-state index is 5.26. The van der Waals surface area contributed by atoms with E-state index in [4.69, 9.17) is 9.05 Å². The molecule has 0 saturated carbocycles. The van der Waals surface area contributed by atoms with Crippen LogP contribution in [-0.4, -0.2) is 14.2 Å². The third kappa shape index (κ3) is 2.78. The molecule has 0 fully saturated rings. The quantitative estimate of drug-likeness (QED) is 0.714. The highest BCUT2D eigenvalue weighted by Crippen LogP contribution is 2.35. The molecule has 0 spiro atoms. The van der Waals surface area contributed by atoms with E-state index in [-0.39, 0.29) is 0 Å². The molecule has 0 aliphatic rings. The molecule has 0 heterocycles. The molecule has 0 radical (unpaired) electrons. The lowest BCUT2D eigenvalue weighted by Gasteiger charge is -2.14. The molecule has 0 N–H and O–H groups in total. The van der Waals surface area contributed by atoms with Gasteiger partial charge in [0.05, 0.1) is 0 Å². The standard InChI is InChI=1S/C11H17O2P/c1-9(2)10-6-5-7-11(8-10)14(12-3)13-4/h5-9H,1-4H3. The first-order chi connectivity index (χ1) is 6.69. The smallest absolute Gasteiger partial charge is 0.204 e. The Kier molecular flexibility index (Phi) is 4.53. The highest BCUT2D eigenvalue weighted by molar-refractivity contribution is 7.55. The van der Waals surface area contributed by atoms with Crippen LogP contribution in [0.2, 0.25) is 0 Å². The van der Waals surface area contributed by atoms with E-state index in [9.17, 15) is 0 Å². The van der Waals surface area contributed by atoms with Crippen molar-refractivity contribution in [3.05, 3.63) is 29.8 Å². The fourth-order valence-corrected chi connectivity index (χ4v) is 2.32. The van der Waals surface area contributed by atoms with Crippen LogP contribution in [0.15, 0.2) is 24.3 Å². The summed E-state index contributed by atoms with van der Waals surface area (Å²) in [4.78, 5) is 0. The van der Waals surface area contributed by atoms with E-state index >= 15 is 0 Å². The molecular formula is C11H17O2P. The van der Waals surface area contributed by atoms with Crippen molar-refractivity contribution < 1.29 is 9.05 Å². The first-order valence-electron chi connectivity index (χ1n) is 4.67. The lowest BCUT2D eigenvalue weighted by molar-refractivity contribution is 0.350. The van der Waals surface area contributed by atoms with Crippen molar-refractivity contribution in [2.75, 3.05) is 14.2 Å². The summed E-state index contributed by atoms with van der Waals surface area (Å²) in [6, 6.07) is 8.39. The van der Waals surface area contributed by atoms with Crippen LogP contribution in [0.25, 0.3) is 0 Å². The normalized spacial score (nSPS) is 11.3. The minimum absolute atomic E-state index is 0.542. The van der Waals surface area contributed by atoms with Gasteiger partial charge in [-0.1, -0.05) is 26.0 Å². The maximum Gasteiger partial charge on any atom is 0.204 e. The first kappa shape index (κ1) is 11.6. The number of rotatable bonds is 4. The molecular weight excluding hydrogens is 195 g/mol. The summed E-state index contributed by atoms with van der Waals surface area (Å²) >= 11 is 0. The van der Waals surface area contributed by atoms with Gasteiger partial charge in [-0.25, -0.2) is 0 Å². The zero-order valence-corrected chi connectivity index (χ0v) is 10.0. The number of hydrogen-bond donors (Lipinski definition) is 0. The average Bonchev–Trinajstić information content (AvgIpc) is 2.20. The molecule has 0 aromatic heterocycles. The Morgan fingerprint density at radius 1 is 1.14 bits per heavy atom. The van der Waals surface area contributed by atoms with Gasteiger partial charge in [0.2, 0.25) is 8.38 Å². The lowest BCUT2D eigenvalue weighted by atomic mass is 10.0. The lowest BCUT2D eigenvalue weighted by Crippen LogP contribution is -2.04. The van der Waals surface area contributed by atoms with Crippen LogP contribution in [0.5, 0.6) is 0 Å². The van der Waals surface area contributed by atoms with E-state index < -0.39 is 8.38 Å². The topological polar surface area (TPSA) is 18.5 Å². The van der Waals surface area contributed by atoms with Crippen molar-refractivity contribution in [3.63, 3.8) is 0 Å². The minimum Gasteiger partial charge on any atom is -0.334 e. The Labute approximate surface area is 87.2 Å². The van der Waals surface area contributed by atoms with Gasteiger partial charge in [-0.3, -0.25) is 0 Å². The predicted molar refractivity (Wildman–Crippen MR) is 61.1 cm³/mol. The monoisotopic (exact) mass is 212 g/mol. The molecule has 2 nitrogen and oxygen atoms in total. The van der Waals surface area contributed by atoms with E-state index in [1.165, 1.54) is 5.56 Å². The third-order valence-electron chi connectivity index (χ3n) is 2.08. The molecule has 0 unspecified atom stereocenters. The molecule has 0 amide bonds. The Balaban J connectivity index is 2.92.